The SMILES string of the molecule is COc1cc(C=Cn2ccnc2)cc(Br)c1OC(=O)n1ccnc1. The summed E-state index contributed by atoms with van der Waals surface area (Å²) in [5.74, 6) is 0.735. The Kier molecular flexibility index (Phi) is 4.76. The molecule has 0 spiro atoms. The Morgan fingerprint density at radius 3 is 2.67 bits per heavy atom. The molecule has 8 heteroatoms. The molecule has 24 heavy (non-hydrogen) atoms. The first kappa shape index (κ1) is 16.0. The highest BCUT2D eigenvalue weighted by molar-refractivity contribution is 9.10. The van der Waals surface area contributed by atoms with Crippen LogP contribution in [0, 0.1) is 0 Å². The number of rotatable bonds is 4. The maximum Gasteiger partial charge on any atom is 0.424 e. The molecule has 3 aromatic rings. The molecule has 0 N–H and O–H groups in total. The van der Waals surface area contributed by atoms with Gasteiger partial charge in [-0.2, -0.15) is 0 Å². The zero-order valence-electron chi connectivity index (χ0n) is 12.7. The Labute approximate surface area is 146 Å². The fourth-order valence-electron chi connectivity index (χ4n) is 1.97. The molecule has 0 fully saturated rings. The van der Waals surface area contributed by atoms with Crippen LogP contribution in [0.25, 0.3) is 12.3 Å². The molecule has 0 aliphatic rings. The summed E-state index contributed by atoms with van der Waals surface area (Å²) in [6.45, 7) is 0. The number of aromatic nitrogens is 4. The molecule has 0 aliphatic heterocycles. The highest BCUT2D eigenvalue weighted by Gasteiger charge is 2.16. The summed E-state index contributed by atoms with van der Waals surface area (Å²) in [6, 6.07) is 3.60. The van der Waals surface area contributed by atoms with E-state index in [1.54, 1.807) is 18.6 Å². The quantitative estimate of drug-likeness (QED) is 0.683. The first-order chi connectivity index (χ1) is 11.7. The van der Waals surface area contributed by atoms with E-state index in [0.29, 0.717) is 16.0 Å². The first-order valence-corrected chi connectivity index (χ1v) is 7.70. The zero-order chi connectivity index (χ0) is 16.9. The lowest BCUT2D eigenvalue weighted by molar-refractivity contribution is 0.199. The number of hydrogen-bond acceptors (Lipinski definition) is 5. The van der Waals surface area contributed by atoms with Gasteiger partial charge in [-0.1, -0.05) is 0 Å². The van der Waals surface area contributed by atoms with Crippen LogP contribution >= 0.6 is 15.9 Å². The lowest BCUT2D eigenvalue weighted by atomic mass is 10.2. The van der Waals surface area contributed by atoms with Gasteiger partial charge in [0.05, 0.1) is 17.9 Å². The van der Waals surface area contributed by atoms with E-state index in [2.05, 4.69) is 25.9 Å². The van der Waals surface area contributed by atoms with E-state index >= 15 is 0 Å². The van der Waals surface area contributed by atoms with Crippen molar-refractivity contribution in [3.8, 4) is 11.5 Å². The predicted molar refractivity (Wildman–Crippen MR) is 91.8 cm³/mol. The second kappa shape index (κ2) is 7.14. The fraction of sp³-hybridized carbons (Fsp3) is 0.0625. The van der Waals surface area contributed by atoms with Crippen molar-refractivity contribution in [1.82, 2.24) is 19.1 Å². The highest BCUT2D eigenvalue weighted by Crippen LogP contribution is 2.37. The van der Waals surface area contributed by atoms with E-state index in [0.717, 1.165) is 5.56 Å². The Morgan fingerprint density at radius 2 is 2.00 bits per heavy atom. The standard InChI is InChI=1S/C16H13BrN4O3/c1-23-14-9-12(2-5-20-6-3-18-10-20)8-13(17)15(14)24-16(22)21-7-4-19-11-21/h2-11H,1H3. The van der Waals surface area contributed by atoms with Crippen LogP contribution in [0.15, 0.2) is 54.0 Å². The summed E-state index contributed by atoms with van der Waals surface area (Å²) >= 11 is 3.41. The third kappa shape index (κ3) is 3.54. The van der Waals surface area contributed by atoms with Crippen molar-refractivity contribution in [2.24, 2.45) is 0 Å². The molecule has 2 heterocycles. The van der Waals surface area contributed by atoms with Crippen LogP contribution < -0.4 is 9.47 Å². The molecule has 2 aromatic heterocycles. The van der Waals surface area contributed by atoms with Gasteiger partial charge in [-0.15, -0.1) is 0 Å². The Bertz CT molecular complexity index is 858. The molecule has 7 nitrogen and oxygen atoms in total. The lowest BCUT2D eigenvalue weighted by Gasteiger charge is -2.12. The Morgan fingerprint density at radius 1 is 1.21 bits per heavy atom. The molecule has 0 atom stereocenters. The zero-order valence-corrected chi connectivity index (χ0v) is 14.3. The van der Waals surface area contributed by atoms with Gasteiger partial charge in [-0.25, -0.2) is 19.3 Å². The maximum absolute atomic E-state index is 12.1. The molecular formula is C16H13BrN4O3. The highest BCUT2D eigenvalue weighted by atomic mass is 79.9. The fourth-order valence-corrected chi connectivity index (χ4v) is 2.51. The van der Waals surface area contributed by atoms with Crippen molar-refractivity contribution >= 4 is 34.3 Å². The van der Waals surface area contributed by atoms with Gasteiger partial charge in [0.1, 0.15) is 6.33 Å². The summed E-state index contributed by atoms with van der Waals surface area (Å²) in [6.07, 6.45) is 12.7. The Balaban J connectivity index is 1.86. The van der Waals surface area contributed by atoms with Crippen LogP contribution in [0.5, 0.6) is 11.5 Å². The number of nitrogens with zero attached hydrogens (tertiary/aromatic N) is 4. The predicted octanol–water partition coefficient (Wildman–Crippen LogP) is 3.53. The van der Waals surface area contributed by atoms with E-state index in [-0.39, 0.29) is 0 Å². The number of carbonyl (C=O) groups excluding carboxylic acids is 1. The summed E-state index contributed by atoms with van der Waals surface area (Å²) in [5, 5.41) is 0. The van der Waals surface area contributed by atoms with E-state index in [4.69, 9.17) is 9.47 Å². The second-order valence-electron chi connectivity index (χ2n) is 4.70. The maximum atomic E-state index is 12.1. The average Bonchev–Trinajstić information content (AvgIpc) is 3.28. The summed E-state index contributed by atoms with van der Waals surface area (Å²) in [4.78, 5) is 19.8. The number of halogens is 1. The third-order valence-electron chi connectivity index (χ3n) is 3.12. The summed E-state index contributed by atoms with van der Waals surface area (Å²) < 4.78 is 14.4. The van der Waals surface area contributed by atoms with Gasteiger partial charge >= 0.3 is 6.09 Å². The minimum Gasteiger partial charge on any atom is -0.493 e. The normalized spacial score (nSPS) is 10.9. The van der Waals surface area contributed by atoms with Gasteiger partial charge in [0.2, 0.25) is 0 Å². The van der Waals surface area contributed by atoms with Crippen LogP contribution in [0.4, 0.5) is 4.79 Å². The molecule has 1 aromatic carbocycles. The van der Waals surface area contributed by atoms with Crippen LogP contribution in [-0.2, 0) is 0 Å². The molecule has 122 valence electrons. The van der Waals surface area contributed by atoms with Gasteiger partial charge in [-0.3, -0.25) is 0 Å². The van der Waals surface area contributed by atoms with Gasteiger partial charge in [0, 0.05) is 31.0 Å². The molecule has 0 aliphatic carbocycles. The van der Waals surface area contributed by atoms with Crippen molar-refractivity contribution < 1.29 is 14.3 Å². The molecule has 0 radical (unpaired) electrons. The third-order valence-corrected chi connectivity index (χ3v) is 3.71. The average molecular weight is 389 g/mol. The van der Waals surface area contributed by atoms with E-state index in [1.807, 2.05) is 29.1 Å². The summed E-state index contributed by atoms with van der Waals surface area (Å²) in [5.41, 5.74) is 0.870. The molecule has 0 unspecified atom stereocenters. The number of hydrogen-bond donors (Lipinski definition) is 0. The second-order valence-corrected chi connectivity index (χ2v) is 5.55. The van der Waals surface area contributed by atoms with E-state index < -0.39 is 6.09 Å². The van der Waals surface area contributed by atoms with E-state index in [1.165, 1.54) is 30.4 Å². The summed E-state index contributed by atoms with van der Waals surface area (Å²) in [7, 11) is 1.51. The van der Waals surface area contributed by atoms with Gasteiger partial charge in [0.25, 0.3) is 0 Å². The van der Waals surface area contributed by atoms with Crippen molar-refractivity contribution in [2.45, 2.75) is 0 Å². The van der Waals surface area contributed by atoms with Crippen LogP contribution in [0.3, 0.4) is 0 Å². The van der Waals surface area contributed by atoms with Crippen molar-refractivity contribution in [3.63, 3.8) is 0 Å². The molecular weight excluding hydrogens is 376 g/mol. The van der Waals surface area contributed by atoms with Gasteiger partial charge in [0.15, 0.2) is 11.5 Å². The van der Waals surface area contributed by atoms with Crippen molar-refractivity contribution in [1.29, 1.82) is 0 Å². The van der Waals surface area contributed by atoms with Crippen LogP contribution in [-0.4, -0.2) is 32.3 Å². The van der Waals surface area contributed by atoms with Crippen molar-refractivity contribution in [2.75, 3.05) is 7.11 Å². The molecule has 0 bridgehead atoms. The van der Waals surface area contributed by atoms with Crippen molar-refractivity contribution in [3.05, 3.63) is 59.6 Å². The topological polar surface area (TPSA) is 71.2 Å². The van der Waals surface area contributed by atoms with Gasteiger partial charge in [-0.05, 0) is 39.7 Å². The van der Waals surface area contributed by atoms with Crippen LogP contribution in [0.2, 0.25) is 0 Å². The van der Waals surface area contributed by atoms with Crippen LogP contribution in [0.1, 0.15) is 5.56 Å². The molecule has 0 saturated heterocycles. The lowest BCUT2D eigenvalue weighted by Crippen LogP contribution is -2.15. The number of ether oxygens (including phenoxy) is 2. The number of benzene rings is 1. The first-order valence-electron chi connectivity index (χ1n) is 6.90. The number of methoxy groups -OCH3 is 1. The van der Waals surface area contributed by atoms with Gasteiger partial charge < -0.3 is 14.0 Å². The Hall–Kier alpha value is -2.87. The molecule has 0 amide bonds. The number of carbonyl (C=O) groups is 1. The molecule has 3 rings (SSSR count). The minimum atomic E-state index is -0.576. The smallest absolute Gasteiger partial charge is 0.424 e. The molecule has 0 saturated carbocycles. The minimum absolute atomic E-state index is 0.302. The monoisotopic (exact) mass is 388 g/mol. The number of imidazole rings is 2. The van der Waals surface area contributed by atoms with E-state index in [9.17, 15) is 4.79 Å². The largest absolute Gasteiger partial charge is 0.493 e.